The minimum absolute atomic E-state index is 0.0386. The third kappa shape index (κ3) is 6.82. The smallest absolute Gasteiger partial charge is 0.249 e. The molecule has 0 radical (unpaired) electrons. The molecule has 2 aliphatic rings. The molecule has 0 saturated carbocycles. The molecule has 1 fully saturated rings. The Morgan fingerprint density at radius 3 is 2.49 bits per heavy atom. The van der Waals surface area contributed by atoms with Gasteiger partial charge < -0.3 is 19.3 Å². The lowest BCUT2D eigenvalue weighted by Crippen LogP contribution is -2.55. The Morgan fingerprint density at radius 2 is 1.77 bits per heavy atom. The third-order valence-corrected chi connectivity index (χ3v) is 8.22. The van der Waals surface area contributed by atoms with Crippen molar-refractivity contribution in [2.75, 3.05) is 38.8 Å². The van der Waals surface area contributed by atoms with E-state index in [1.54, 1.807) is 14.2 Å². The summed E-state index contributed by atoms with van der Waals surface area (Å²) in [6.07, 6.45) is 4.19. The van der Waals surface area contributed by atoms with E-state index in [0.29, 0.717) is 32.0 Å². The van der Waals surface area contributed by atoms with Crippen molar-refractivity contribution in [3.8, 4) is 5.75 Å². The molecule has 0 N–H and O–H groups in total. The molecule has 212 valence electrons. The average Bonchev–Trinajstić information content (AvgIpc) is 2.94. The molecule has 2 unspecified atom stereocenters. The fraction of sp³-hybridized carbons (Fsp3) is 0.562. The Bertz CT molecular complexity index is 1130. The Morgan fingerprint density at radius 1 is 1.00 bits per heavy atom. The summed E-state index contributed by atoms with van der Waals surface area (Å²) in [4.78, 5) is 33.1. The number of hydrogen-bond donors (Lipinski definition) is 0. The summed E-state index contributed by atoms with van der Waals surface area (Å²) in [5.74, 6) is 1.43. The topological polar surface area (TPSA) is 62.3 Å². The highest BCUT2D eigenvalue weighted by molar-refractivity contribution is 5.94. The second kappa shape index (κ2) is 13.4. The van der Waals surface area contributed by atoms with Gasteiger partial charge in [-0.15, -0.1) is 0 Å². The molecule has 2 atom stereocenters. The summed E-state index contributed by atoms with van der Waals surface area (Å²) in [6.45, 7) is 9.11. The van der Waals surface area contributed by atoms with Crippen molar-refractivity contribution in [3.05, 3.63) is 59.2 Å². The molecular formula is C32H45N3O4. The van der Waals surface area contributed by atoms with Crippen LogP contribution in [0.1, 0.15) is 75.5 Å². The van der Waals surface area contributed by atoms with Gasteiger partial charge in [-0.2, -0.15) is 0 Å². The molecular weight excluding hydrogens is 490 g/mol. The molecule has 39 heavy (non-hydrogen) atoms. The zero-order chi connectivity index (χ0) is 27.9. The van der Waals surface area contributed by atoms with Gasteiger partial charge in [-0.1, -0.05) is 51.1 Å². The van der Waals surface area contributed by atoms with Crippen LogP contribution in [0.25, 0.3) is 0 Å². The van der Waals surface area contributed by atoms with E-state index in [1.807, 2.05) is 17.9 Å². The number of nitrogens with zero attached hydrogens (tertiary/aromatic N) is 3. The lowest BCUT2D eigenvalue weighted by molar-refractivity contribution is -0.143. The van der Waals surface area contributed by atoms with Crippen LogP contribution in [-0.2, 0) is 27.4 Å². The van der Waals surface area contributed by atoms with E-state index in [9.17, 15) is 9.59 Å². The number of anilines is 1. The molecule has 0 aromatic heterocycles. The average molecular weight is 536 g/mol. The Labute approximate surface area is 234 Å². The van der Waals surface area contributed by atoms with Crippen LogP contribution in [0.3, 0.4) is 0 Å². The van der Waals surface area contributed by atoms with Gasteiger partial charge in [0, 0.05) is 63.0 Å². The molecule has 7 heteroatoms. The van der Waals surface area contributed by atoms with Crippen LogP contribution in [0, 0.1) is 0 Å². The predicted molar refractivity (Wildman–Crippen MR) is 155 cm³/mol. The van der Waals surface area contributed by atoms with E-state index in [1.165, 1.54) is 5.56 Å². The standard InChI is InChI=1S/C32H45N3O4/c1-6-31(36)34-17-16-27-11-9-12-28(35(27)32(37)22-38-4)21-33(19-25-10-7-8-13-29(25)34)20-26-18-24(23(2)3)14-15-30(26)39-5/h7-8,10,13-15,18,23,27-28H,6,9,11-12,16-17,19-22H2,1-5H3. The maximum Gasteiger partial charge on any atom is 0.249 e. The van der Waals surface area contributed by atoms with Crippen molar-refractivity contribution < 1.29 is 19.1 Å². The van der Waals surface area contributed by atoms with Gasteiger partial charge >= 0.3 is 0 Å². The molecule has 2 heterocycles. The van der Waals surface area contributed by atoms with E-state index in [2.05, 4.69) is 60.0 Å². The number of hydrogen-bond acceptors (Lipinski definition) is 5. The Hall–Kier alpha value is -2.90. The number of benzene rings is 2. The maximum absolute atomic E-state index is 13.4. The summed E-state index contributed by atoms with van der Waals surface area (Å²) < 4.78 is 11.1. The van der Waals surface area contributed by atoms with Gasteiger partial charge in [-0.25, -0.2) is 0 Å². The number of rotatable bonds is 7. The van der Waals surface area contributed by atoms with Crippen LogP contribution in [0.5, 0.6) is 5.75 Å². The molecule has 2 aliphatic heterocycles. The van der Waals surface area contributed by atoms with Crippen molar-refractivity contribution >= 4 is 17.5 Å². The van der Waals surface area contributed by atoms with Crippen molar-refractivity contribution in [1.82, 2.24) is 9.80 Å². The normalized spacial score (nSPS) is 20.4. The lowest BCUT2D eigenvalue weighted by atomic mass is 9.92. The van der Waals surface area contributed by atoms with Gasteiger partial charge in [0.1, 0.15) is 12.4 Å². The van der Waals surface area contributed by atoms with E-state index in [-0.39, 0.29) is 30.5 Å². The minimum Gasteiger partial charge on any atom is -0.496 e. The predicted octanol–water partition coefficient (Wildman–Crippen LogP) is 5.36. The monoisotopic (exact) mass is 535 g/mol. The first-order valence-corrected chi connectivity index (χ1v) is 14.4. The largest absolute Gasteiger partial charge is 0.496 e. The number of fused-ring (bicyclic) bond motifs is 3. The maximum atomic E-state index is 13.4. The molecule has 0 spiro atoms. The number of carbonyl (C=O) groups excluding carboxylic acids is 2. The van der Waals surface area contributed by atoms with Crippen molar-refractivity contribution in [3.63, 3.8) is 0 Å². The van der Waals surface area contributed by atoms with Crippen LogP contribution in [0.15, 0.2) is 42.5 Å². The highest BCUT2D eigenvalue weighted by atomic mass is 16.5. The number of ether oxygens (including phenoxy) is 2. The number of para-hydroxylation sites is 1. The first-order valence-electron chi connectivity index (χ1n) is 14.4. The molecule has 2 bridgehead atoms. The SMILES string of the molecule is CCC(=O)N1CCC2CCCC(CN(Cc3cc(C(C)C)ccc3OC)Cc3ccccc31)N2C(=O)COC. The number of carbonyl (C=O) groups is 2. The van der Waals surface area contributed by atoms with Gasteiger partial charge in [0.05, 0.1) is 7.11 Å². The van der Waals surface area contributed by atoms with E-state index in [0.717, 1.165) is 54.8 Å². The number of methoxy groups -OCH3 is 2. The second-order valence-electron chi connectivity index (χ2n) is 11.2. The molecule has 2 aromatic carbocycles. The summed E-state index contributed by atoms with van der Waals surface area (Å²) in [5, 5.41) is 0. The van der Waals surface area contributed by atoms with E-state index in [4.69, 9.17) is 9.47 Å². The summed E-state index contributed by atoms with van der Waals surface area (Å²) >= 11 is 0. The third-order valence-electron chi connectivity index (χ3n) is 8.22. The molecule has 4 rings (SSSR count). The van der Waals surface area contributed by atoms with Crippen LogP contribution in [-0.4, -0.2) is 67.6 Å². The van der Waals surface area contributed by atoms with Crippen molar-refractivity contribution in [2.24, 2.45) is 0 Å². The fourth-order valence-electron chi connectivity index (χ4n) is 6.24. The Balaban J connectivity index is 1.79. The molecule has 2 aromatic rings. The highest BCUT2D eigenvalue weighted by Crippen LogP contribution is 2.33. The van der Waals surface area contributed by atoms with Crippen LogP contribution in [0.2, 0.25) is 0 Å². The van der Waals surface area contributed by atoms with Crippen molar-refractivity contribution in [1.29, 1.82) is 0 Å². The van der Waals surface area contributed by atoms with Crippen molar-refractivity contribution in [2.45, 2.75) is 84.0 Å². The van der Waals surface area contributed by atoms with Gasteiger partial charge in [-0.05, 0) is 54.9 Å². The lowest BCUT2D eigenvalue weighted by Gasteiger charge is -2.44. The van der Waals surface area contributed by atoms with Gasteiger partial charge in [0.25, 0.3) is 0 Å². The molecule has 7 nitrogen and oxygen atoms in total. The second-order valence-corrected chi connectivity index (χ2v) is 11.2. The quantitative estimate of drug-likeness (QED) is 0.478. The fourth-order valence-corrected chi connectivity index (χ4v) is 6.24. The van der Waals surface area contributed by atoms with Gasteiger partial charge in [0.2, 0.25) is 11.8 Å². The molecule has 2 amide bonds. The minimum atomic E-state index is 0.0386. The molecule has 0 aliphatic carbocycles. The zero-order valence-electron chi connectivity index (χ0n) is 24.3. The van der Waals surface area contributed by atoms with Gasteiger partial charge in [0.15, 0.2) is 0 Å². The Kier molecular flexibility index (Phi) is 10.0. The highest BCUT2D eigenvalue weighted by Gasteiger charge is 2.36. The van der Waals surface area contributed by atoms with Crippen LogP contribution in [0.4, 0.5) is 5.69 Å². The summed E-state index contributed by atoms with van der Waals surface area (Å²) in [5.41, 5.74) is 4.52. The summed E-state index contributed by atoms with van der Waals surface area (Å²) in [7, 11) is 3.31. The van der Waals surface area contributed by atoms with Crippen LogP contribution < -0.4 is 9.64 Å². The zero-order valence-corrected chi connectivity index (χ0v) is 24.3. The first kappa shape index (κ1) is 29.1. The number of piperidine rings is 1. The van der Waals surface area contributed by atoms with Crippen LogP contribution >= 0.6 is 0 Å². The van der Waals surface area contributed by atoms with Gasteiger partial charge in [-0.3, -0.25) is 14.5 Å². The number of amides is 2. The summed E-state index contributed by atoms with van der Waals surface area (Å²) in [6, 6.07) is 14.9. The molecule has 1 saturated heterocycles. The first-order chi connectivity index (χ1) is 18.9. The van der Waals surface area contributed by atoms with E-state index < -0.39 is 0 Å². The van der Waals surface area contributed by atoms with E-state index >= 15 is 0 Å².